The van der Waals surface area contributed by atoms with Crippen LogP contribution in [-0.2, 0) is 0 Å². The van der Waals surface area contributed by atoms with Gasteiger partial charge >= 0.3 is 0 Å². The average molecular weight is 372 g/mol. The molecule has 0 amide bonds. The van der Waals surface area contributed by atoms with Crippen molar-refractivity contribution in [3.8, 4) is 22.6 Å². The number of hydrogen-bond acceptors (Lipinski definition) is 2. The molecule has 2 rings (SSSR count). The van der Waals surface area contributed by atoms with Crippen LogP contribution >= 0.6 is 31.9 Å². The third kappa shape index (κ3) is 2.40. The van der Waals surface area contributed by atoms with Gasteiger partial charge in [0.15, 0.2) is 0 Å². The van der Waals surface area contributed by atoms with Crippen LogP contribution in [-0.4, -0.2) is 14.2 Å². The second kappa shape index (κ2) is 5.76. The number of benzene rings is 2. The summed E-state index contributed by atoms with van der Waals surface area (Å²) in [6.45, 7) is 0. The molecule has 0 saturated heterocycles. The number of ether oxygens (including phenoxy) is 2. The fourth-order valence-corrected chi connectivity index (χ4v) is 2.91. The predicted octanol–water partition coefficient (Wildman–Crippen LogP) is 4.90. The molecule has 0 aromatic heterocycles. The smallest absolute Gasteiger partial charge is 0.140 e. The summed E-state index contributed by atoms with van der Waals surface area (Å²) >= 11 is 6.98. The standard InChI is InChI=1S/C14H12Br2O2/c1-17-13-9(5-3-7-11(13)15)10-6-4-8-12(16)14(10)18-2/h3-8H,1-2H3. The Labute approximate surface area is 123 Å². The molecule has 18 heavy (non-hydrogen) atoms. The van der Waals surface area contributed by atoms with E-state index in [1.54, 1.807) is 14.2 Å². The van der Waals surface area contributed by atoms with Gasteiger partial charge in [0.25, 0.3) is 0 Å². The van der Waals surface area contributed by atoms with E-state index >= 15 is 0 Å². The zero-order chi connectivity index (χ0) is 13.1. The molecule has 94 valence electrons. The summed E-state index contributed by atoms with van der Waals surface area (Å²) in [6, 6.07) is 11.9. The van der Waals surface area contributed by atoms with Crippen molar-refractivity contribution in [2.24, 2.45) is 0 Å². The van der Waals surface area contributed by atoms with Crippen LogP contribution < -0.4 is 9.47 Å². The second-order valence-electron chi connectivity index (χ2n) is 3.64. The number of para-hydroxylation sites is 2. The van der Waals surface area contributed by atoms with Gasteiger partial charge in [0.1, 0.15) is 11.5 Å². The van der Waals surface area contributed by atoms with E-state index in [1.165, 1.54) is 0 Å². The molecule has 0 saturated carbocycles. The van der Waals surface area contributed by atoms with Gasteiger partial charge in [0.05, 0.1) is 23.2 Å². The van der Waals surface area contributed by atoms with Gasteiger partial charge in [-0.15, -0.1) is 0 Å². The Kier molecular flexibility index (Phi) is 4.30. The zero-order valence-corrected chi connectivity index (χ0v) is 13.2. The lowest BCUT2D eigenvalue weighted by molar-refractivity contribution is 0.407. The Morgan fingerprint density at radius 3 is 1.44 bits per heavy atom. The van der Waals surface area contributed by atoms with Gasteiger partial charge in [-0.3, -0.25) is 0 Å². The van der Waals surface area contributed by atoms with Crippen molar-refractivity contribution in [1.82, 2.24) is 0 Å². The fourth-order valence-electron chi connectivity index (χ4n) is 1.86. The van der Waals surface area contributed by atoms with Crippen LogP contribution in [0.25, 0.3) is 11.1 Å². The first-order valence-corrected chi connectivity index (χ1v) is 6.93. The summed E-state index contributed by atoms with van der Waals surface area (Å²) in [7, 11) is 3.32. The highest BCUT2D eigenvalue weighted by Gasteiger charge is 2.14. The SMILES string of the molecule is COc1c(Br)cccc1-c1cccc(Br)c1OC. The molecule has 2 nitrogen and oxygen atoms in total. The number of hydrogen-bond donors (Lipinski definition) is 0. The van der Waals surface area contributed by atoms with Crippen molar-refractivity contribution in [3.63, 3.8) is 0 Å². The van der Waals surface area contributed by atoms with Crippen LogP contribution in [0.2, 0.25) is 0 Å². The molecule has 0 radical (unpaired) electrons. The third-order valence-electron chi connectivity index (χ3n) is 2.63. The Bertz CT molecular complexity index is 516. The summed E-state index contributed by atoms with van der Waals surface area (Å²) < 4.78 is 12.7. The maximum atomic E-state index is 5.45. The molecule has 0 unspecified atom stereocenters. The van der Waals surface area contributed by atoms with Crippen molar-refractivity contribution in [1.29, 1.82) is 0 Å². The molecule has 0 heterocycles. The highest BCUT2D eigenvalue weighted by Crippen LogP contribution is 2.42. The molecule has 2 aromatic carbocycles. The van der Waals surface area contributed by atoms with Crippen LogP contribution in [0.3, 0.4) is 0 Å². The van der Waals surface area contributed by atoms with Crippen molar-refractivity contribution in [2.45, 2.75) is 0 Å². The lowest BCUT2D eigenvalue weighted by atomic mass is 10.0. The van der Waals surface area contributed by atoms with Gasteiger partial charge in [-0.25, -0.2) is 0 Å². The normalized spacial score (nSPS) is 10.2. The first kappa shape index (κ1) is 13.4. The highest BCUT2D eigenvalue weighted by atomic mass is 79.9. The fraction of sp³-hybridized carbons (Fsp3) is 0.143. The van der Waals surface area contributed by atoms with E-state index in [0.717, 1.165) is 31.6 Å². The monoisotopic (exact) mass is 370 g/mol. The van der Waals surface area contributed by atoms with Gasteiger partial charge in [0.2, 0.25) is 0 Å². The second-order valence-corrected chi connectivity index (χ2v) is 5.35. The molecule has 0 spiro atoms. The van der Waals surface area contributed by atoms with E-state index in [4.69, 9.17) is 9.47 Å². The van der Waals surface area contributed by atoms with Gasteiger partial charge < -0.3 is 9.47 Å². The van der Waals surface area contributed by atoms with Gasteiger partial charge in [-0.1, -0.05) is 24.3 Å². The molecule has 4 heteroatoms. The molecule has 0 bridgehead atoms. The van der Waals surface area contributed by atoms with E-state index in [2.05, 4.69) is 31.9 Å². The first-order valence-electron chi connectivity index (χ1n) is 5.34. The minimum Gasteiger partial charge on any atom is -0.495 e. The molecule has 0 aliphatic carbocycles. The summed E-state index contributed by atoms with van der Waals surface area (Å²) in [5.74, 6) is 1.60. The Morgan fingerprint density at radius 1 is 0.722 bits per heavy atom. The van der Waals surface area contributed by atoms with E-state index in [9.17, 15) is 0 Å². The van der Waals surface area contributed by atoms with Crippen molar-refractivity contribution < 1.29 is 9.47 Å². The van der Waals surface area contributed by atoms with Crippen LogP contribution in [0, 0.1) is 0 Å². The van der Waals surface area contributed by atoms with E-state index < -0.39 is 0 Å². The molecular weight excluding hydrogens is 360 g/mol. The average Bonchev–Trinajstić information content (AvgIpc) is 2.38. The molecule has 0 fully saturated rings. The van der Waals surface area contributed by atoms with E-state index in [1.807, 2.05) is 36.4 Å². The molecule has 2 aromatic rings. The van der Waals surface area contributed by atoms with Crippen LogP contribution in [0.15, 0.2) is 45.3 Å². The molecule has 0 N–H and O–H groups in total. The molecular formula is C14H12Br2O2. The predicted molar refractivity (Wildman–Crippen MR) is 80.4 cm³/mol. The molecule has 0 aliphatic rings. The maximum absolute atomic E-state index is 5.45. The van der Waals surface area contributed by atoms with Crippen molar-refractivity contribution >= 4 is 31.9 Å². The topological polar surface area (TPSA) is 18.5 Å². The first-order chi connectivity index (χ1) is 8.69. The van der Waals surface area contributed by atoms with Crippen molar-refractivity contribution in [2.75, 3.05) is 14.2 Å². The summed E-state index contributed by atoms with van der Waals surface area (Å²) in [6.07, 6.45) is 0. The molecule has 0 atom stereocenters. The van der Waals surface area contributed by atoms with E-state index in [-0.39, 0.29) is 0 Å². The van der Waals surface area contributed by atoms with Crippen LogP contribution in [0.5, 0.6) is 11.5 Å². The van der Waals surface area contributed by atoms with Gasteiger partial charge in [-0.2, -0.15) is 0 Å². The lowest BCUT2D eigenvalue weighted by Crippen LogP contribution is -1.93. The quantitative estimate of drug-likeness (QED) is 0.764. The number of rotatable bonds is 3. The minimum absolute atomic E-state index is 0.800. The number of methoxy groups -OCH3 is 2. The Hall–Kier alpha value is -1.00. The van der Waals surface area contributed by atoms with Crippen LogP contribution in [0.4, 0.5) is 0 Å². The highest BCUT2D eigenvalue weighted by molar-refractivity contribution is 9.11. The third-order valence-corrected chi connectivity index (χ3v) is 3.88. The summed E-state index contributed by atoms with van der Waals surface area (Å²) in [5, 5.41) is 0. The maximum Gasteiger partial charge on any atom is 0.140 e. The Balaban J connectivity index is 2.69. The van der Waals surface area contributed by atoms with E-state index in [0.29, 0.717) is 0 Å². The lowest BCUT2D eigenvalue weighted by Gasteiger charge is -2.14. The largest absolute Gasteiger partial charge is 0.495 e. The summed E-state index contributed by atoms with van der Waals surface area (Å²) in [4.78, 5) is 0. The zero-order valence-electron chi connectivity index (χ0n) is 10.0. The van der Waals surface area contributed by atoms with Gasteiger partial charge in [-0.05, 0) is 44.0 Å². The van der Waals surface area contributed by atoms with Crippen LogP contribution in [0.1, 0.15) is 0 Å². The van der Waals surface area contributed by atoms with Gasteiger partial charge in [0, 0.05) is 11.1 Å². The molecule has 0 aliphatic heterocycles. The number of halogens is 2. The minimum atomic E-state index is 0.800. The summed E-state index contributed by atoms with van der Waals surface area (Å²) in [5.41, 5.74) is 1.98. The van der Waals surface area contributed by atoms with Crippen molar-refractivity contribution in [3.05, 3.63) is 45.3 Å². The Morgan fingerprint density at radius 2 is 1.11 bits per heavy atom.